The van der Waals surface area contributed by atoms with Crippen molar-refractivity contribution in [1.29, 1.82) is 0 Å². The molecule has 0 aromatic heterocycles. The fourth-order valence-corrected chi connectivity index (χ4v) is 5.66. The highest BCUT2D eigenvalue weighted by Crippen LogP contribution is 2.48. The highest BCUT2D eigenvalue weighted by molar-refractivity contribution is 6.42. The minimum absolute atomic E-state index is 0.0166. The van der Waals surface area contributed by atoms with E-state index >= 15 is 0 Å². The fourth-order valence-electron chi connectivity index (χ4n) is 5.22. The number of anilines is 1. The molecule has 1 amide bonds. The molecule has 1 aliphatic carbocycles. The molecule has 3 aromatic carbocycles. The third-order valence-corrected chi connectivity index (χ3v) is 7.94. The van der Waals surface area contributed by atoms with Crippen LogP contribution in [0.2, 0.25) is 10.0 Å². The molecule has 2 atom stereocenters. The zero-order chi connectivity index (χ0) is 24.0. The Balaban J connectivity index is 1.69. The first-order chi connectivity index (χ1) is 16.3. The van der Waals surface area contributed by atoms with Crippen LogP contribution in [0.25, 0.3) is 0 Å². The molecule has 0 radical (unpaired) electrons. The van der Waals surface area contributed by atoms with E-state index in [0.717, 1.165) is 33.6 Å². The van der Waals surface area contributed by atoms with Crippen LogP contribution in [0, 0.1) is 13.8 Å². The Labute approximate surface area is 210 Å². The number of Topliss-reactive ketones (excluding diaryl/α,β-unsaturated/α-hetero) is 1. The van der Waals surface area contributed by atoms with E-state index < -0.39 is 5.92 Å². The van der Waals surface area contributed by atoms with Gasteiger partial charge in [-0.05, 0) is 66.6 Å². The SMILES string of the molecule is Cc1ccc(N2C(=O)CC(c3cccc(Cl)c3Cl)C3=C2CC(c2ccccc2)CC3=O)cc1C. The van der Waals surface area contributed by atoms with E-state index in [1.807, 2.05) is 55.5 Å². The fraction of sp³-hybridized carbons (Fsp3) is 0.241. The number of halogens is 2. The zero-order valence-electron chi connectivity index (χ0n) is 19.1. The lowest BCUT2D eigenvalue weighted by molar-refractivity contribution is -0.120. The van der Waals surface area contributed by atoms with Crippen LogP contribution in [-0.2, 0) is 9.59 Å². The van der Waals surface area contributed by atoms with Crippen molar-refractivity contribution in [3.8, 4) is 0 Å². The molecule has 0 saturated heterocycles. The van der Waals surface area contributed by atoms with Crippen LogP contribution < -0.4 is 4.90 Å². The van der Waals surface area contributed by atoms with Gasteiger partial charge in [-0.15, -0.1) is 0 Å². The van der Waals surface area contributed by atoms with Crippen LogP contribution >= 0.6 is 23.2 Å². The van der Waals surface area contributed by atoms with Crippen LogP contribution in [-0.4, -0.2) is 11.7 Å². The van der Waals surface area contributed by atoms with Gasteiger partial charge < -0.3 is 0 Å². The van der Waals surface area contributed by atoms with Gasteiger partial charge in [0.2, 0.25) is 5.91 Å². The number of carbonyl (C=O) groups excluding carboxylic acids is 2. The van der Waals surface area contributed by atoms with Crippen molar-refractivity contribution in [2.24, 2.45) is 0 Å². The number of aryl methyl sites for hydroxylation is 2. The van der Waals surface area contributed by atoms with E-state index in [1.165, 1.54) is 0 Å². The molecule has 0 spiro atoms. The number of rotatable bonds is 3. The molecule has 5 rings (SSSR count). The highest BCUT2D eigenvalue weighted by atomic mass is 35.5. The molecule has 1 aliphatic heterocycles. The maximum atomic E-state index is 13.7. The second-order valence-electron chi connectivity index (χ2n) is 9.20. The first-order valence-corrected chi connectivity index (χ1v) is 12.3. The van der Waals surface area contributed by atoms with Gasteiger partial charge in [-0.3, -0.25) is 14.5 Å². The Kier molecular flexibility index (Phi) is 6.09. The summed E-state index contributed by atoms with van der Waals surface area (Å²) in [6.45, 7) is 4.09. The summed E-state index contributed by atoms with van der Waals surface area (Å²) in [6.07, 6.45) is 1.19. The van der Waals surface area contributed by atoms with E-state index in [4.69, 9.17) is 23.2 Å². The number of hydrogen-bond donors (Lipinski definition) is 0. The molecular weight excluding hydrogens is 465 g/mol. The summed E-state index contributed by atoms with van der Waals surface area (Å²) in [6, 6.07) is 21.5. The Morgan fingerprint density at radius 2 is 1.59 bits per heavy atom. The van der Waals surface area contributed by atoms with Gasteiger partial charge in [0.05, 0.1) is 10.0 Å². The van der Waals surface area contributed by atoms with Crippen LogP contribution in [0.1, 0.15) is 53.4 Å². The number of benzene rings is 3. The second-order valence-corrected chi connectivity index (χ2v) is 9.98. The quantitative estimate of drug-likeness (QED) is 0.381. The monoisotopic (exact) mass is 489 g/mol. The molecule has 0 N–H and O–H groups in total. The second kappa shape index (κ2) is 9.05. The summed E-state index contributed by atoms with van der Waals surface area (Å²) in [4.78, 5) is 29.2. The van der Waals surface area contributed by atoms with E-state index in [0.29, 0.717) is 28.5 Å². The van der Waals surface area contributed by atoms with Crippen molar-refractivity contribution in [2.75, 3.05) is 4.90 Å². The molecule has 0 bridgehead atoms. The summed E-state index contributed by atoms with van der Waals surface area (Å²) < 4.78 is 0. The van der Waals surface area contributed by atoms with Crippen LogP contribution in [0.15, 0.2) is 78.0 Å². The van der Waals surface area contributed by atoms with Crippen LogP contribution in [0.3, 0.4) is 0 Å². The molecule has 34 heavy (non-hydrogen) atoms. The van der Waals surface area contributed by atoms with Gasteiger partial charge in [0.25, 0.3) is 0 Å². The molecule has 2 unspecified atom stereocenters. The maximum absolute atomic E-state index is 13.7. The molecule has 0 fully saturated rings. The van der Waals surface area contributed by atoms with Gasteiger partial charge in [0.1, 0.15) is 0 Å². The van der Waals surface area contributed by atoms with Crippen LogP contribution in [0.5, 0.6) is 0 Å². The summed E-state index contributed by atoms with van der Waals surface area (Å²) in [5, 5.41) is 0.835. The van der Waals surface area contributed by atoms with Gasteiger partial charge in [0, 0.05) is 35.7 Å². The standard InChI is InChI=1S/C29H25Cl2NO2/c1-17-11-12-21(13-18(17)2)32-25-14-20(19-7-4-3-5-8-19)15-26(33)28(25)23(16-27(32)34)22-9-6-10-24(30)29(22)31/h3-13,20,23H,14-16H2,1-2H3. The number of hydrogen-bond acceptors (Lipinski definition) is 2. The predicted molar refractivity (Wildman–Crippen MR) is 138 cm³/mol. The Morgan fingerprint density at radius 1 is 0.824 bits per heavy atom. The topological polar surface area (TPSA) is 37.4 Å². The first-order valence-electron chi connectivity index (χ1n) is 11.5. The highest BCUT2D eigenvalue weighted by Gasteiger charge is 2.43. The lowest BCUT2D eigenvalue weighted by atomic mass is 9.72. The van der Waals surface area contributed by atoms with Crippen LogP contribution in [0.4, 0.5) is 5.69 Å². The third kappa shape index (κ3) is 3.97. The number of amides is 1. The number of nitrogens with zero attached hydrogens (tertiary/aromatic N) is 1. The third-order valence-electron chi connectivity index (χ3n) is 7.11. The van der Waals surface area contributed by atoms with Crippen molar-refractivity contribution in [1.82, 2.24) is 0 Å². The molecule has 0 saturated carbocycles. The van der Waals surface area contributed by atoms with E-state index in [-0.39, 0.29) is 24.0 Å². The minimum Gasteiger partial charge on any atom is -0.294 e. The molecule has 5 heteroatoms. The summed E-state index contributed by atoms with van der Waals surface area (Å²) in [7, 11) is 0. The van der Waals surface area contributed by atoms with E-state index in [2.05, 4.69) is 19.1 Å². The minimum atomic E-state index is -0.402. The Hall–Kier alpha value is -2.88. The summed E-state index contributed by atoms with van der Waals surface area (Å²) >= 11 is 12.9. The molecular formula is C29H25Cl2NO2. The average molecular weight is 490 g/mol. The number of carbonyl (C=O) groups is 2. The molecule has 3 nitrogen and oxygen atoms in total. The van der Waals surface area contributed by atoms with Gasteiger partial charge in [-0.1, -0.05) is 71.7 Å². The van der Waals surface area contributed by atoms with E-state index in [9.17, 15) is 9.59 Å². The van der Waals surface area contributed by atoms with Gasteiger partial charge in [-0.25, -0.2) is 0 Å². The summed E-state index contributed by atoms with van der Waals surface area (Å²) in [5.74, 6) is -0.356. The molecule has 172 valence electrons. The molecule has 1 heterocycles. The summed E-state index contributed by atoms with van der Waals surface area (Å²) in [5.41, 5.74) is 6.39. The lowest BCUT2D eigenvalue weighted by Gasteiger charge is -2.41. The molecule has 3 aromatic rings. The number of ketones is 1. The van der Waals surface area contributed by atoms with Crippen molar-refractivity contribution in [3.05, 3.63) is 110 Å². The van der Waals surface area contributed by atoms with Gasteiger partial charge in [0.15, 0.2) is 5.78 Å². The zero-order valence-corrected chi connectivity index (χ0v) is 20.7. The Morgan fingerprint density at radius 3 is 2.32 bits per heavy atom. The van der Waals surface area contributed by atoms with Crippen molar-refractivity contribution in [3.63, 3.8) is 0 Å². The lowest BCUT2D eigenvalue weighted by Crippen LogP contribution is -2.42. The number of allylic oxidation sites excluding steroid dienone is 2. The van der Waals surface area contributed by atoms with Gasteiger partial charge >= 0.3 is 0 Å². The van der Waals surface area contributed by atoms with Crippen molar-refractivity contribution < 1.29 is 9.59 Å². The largest absolute Gasteiger partial charge is 0.294 e. The van der Waals surface area contributed by atoms with Gasteiger partial charge in [-0.2, -0.15) is 0 Å². The normalized spacial score (nSPS) is 20.5. The predicted octanol–water partition coefficient (Wildman–Crippen LogP) is 7.53. The Bertz CT molecular complexity index is 1330. The average Bonchev–Trinajstić information content (AvgIpc) is 2.82. The molecule has 2 aliphatic rings. The first kappa shape index (κ1) is 22.9. The maximum Gasteiger partial charge on any atom is 0.232 e. The van der Waals surface area contributed by atoms with Crippen molar-refractivity contribution in [2.45, 2.75) is 44.9 Å². The van der Waals surface area contributed by atoms with Crippen molar-refractivity contribution >= 4 is 40.6 Å². The van der Waals surface area contributed by atoms with E-state index in [1.54, 1.807) is 11.0 Å². The smallest absolute Gasteiger partial charge is 0.232 e.